The number of nitriles is 1. The van der Waals surface area contributed by atoms with Gasteiger partial charge in [0.1, 0.15) is 5.41 Å². The maximum Gasteiger partial charge on any atom is 0.416 e. The quantitative estimate of drug-likeness (QED) is 0.809. The van der Waals surface area contributed by atoms with Crippen molar-refractivity contribution in [1.29, 1.82) is 5.26 Å². The van der Waals surface area contributed by atoms with Gasteiger partial charge in [0, 0.05) is 10.7 Å². The summed E-state index contributed by atoms with van der Waals surface area (Å²) in [6.07, 6.45) is -4.60. The van der Waals surface area contributed by atoms with Gasteiger partial charge in [0.25, 0.3) is 0 Å². The van der Waals surface area contributed by atoms with Gasteiger partial charge in [0.2, 0.25) is 0 Å². The predicted octanol–water partition coefficient (Wildman–Crippen LogP) is 4.77. The van der Waals surface area contributed by atoms with Gasteiger partial charge in [-0.3, -0.25) is 0 Å². The van der Waals surface area contributed by atoms with E-state index in [0.29, 0.717) is 10.6 Å². The Hall–Kier alpha value is -2.19. The second kappa shape index (κ2) is 5.54. The van der Waals surface area contributed by atoms with Crippen LogP contribution in [0.5, 0.6) is 0 Å². The molecule has 0 radical (unpaired) electrons. The van der Waals surface area contributed by atoms with Gasteiger partial charge >= 0.3 is 6.18 Å². The van der Waals surface area contributed by atoms with Crippen LogP contribution in [0.3, 0.4) is 0 Å². The first kappa shape index (κ1) is 16.2. The van der Waals surface area contributed by atoms with Gasteiger partial charge in [-0.2, -0.15) is 18.4 Å². The monoisotopic (exact) mass is 324 g/mol. The van der Waals surface area contributed by atoms with Gasteiger partial charge < -0.3 is 5.73 Å². The molecule has 0 aliphatic heterocycles. The maximum atomic E-state index is 13.3. The van der Waals surface area contributed by atoms with Crippen molar-refractivity contribution in [3.63, 3.8) is 0 Å². The summed E-state index contributed by atoms with van der Waals surface area (Å²) >= 11 is 5.80. The fourth-order valence-electron chi connectivity index (χ4n) is 2.30. The van der Waals surface area contributed by atoms with Crippen LogP contribution in [-0.4, -0.2) is 0 Å². The molecule has 1 unspecified atom stereocenters. The Morgan fingerprint density at radius 3 is 2.14 bits per heavy atom. The number of rotatable bonds is 2. The third kappa shape index (κ3) is 2.88. The van der Waals surface area contributed by atoms with E-state index < -0.39 is 17.2 Å². The fraction of sp³-hybridized carbons (Fsp3) is 0.188. The van der Waals surface area contributed by atoms with Crippen LogP contribution < -0.4 is 5.73 Å². The third-order valence-electron chi connectivity index (χ3n) is 3.53. The topological polar surface area (TPSA) is 49.8 Å². The molecule has 6 heteroatoms. The highest BCUT2D eigenvalue weighted by Crippen LogP contribution is 2.41. The summed E-state index contributed by atoms with van der Waals surface area (Å²) in [7, 11) is 0. The Morgan fingerprint density at radius 1 is 1.05 bits per heavy atom. The average molecular weight is 325 g/mol. The van der Waals surface area contributed by atoms with Gasteiger partial charge in [0.05, 0.1) is 11.6 Å². The molecule has 0 saturated heterocycles. The Bertz CT molecular complexity index is 733. The summed E-state index contributed by atoms with van der Waals surface area (Å²) in [5.74, 6) is 0. The highest BCUT2D eigenvalue weighted by atomic mass is 35.5. The molecular formula is C16H12ClF3N2. The number of anilines is 1. The second-order valence-electron chi connectivity index (χ2n) is 5.05. The third-order valence-corrected chi connectivity index (χ3v) is 3.78. The molecule has 2 aromatic rings. The molecule has 2 nitrogen and oxygen atoms in total. The van der Waals surface area contributed by atoms with E-state index in [4.69, 9.17) is 17.3 Å². The van der Waals surface area contributed by atoms with Crippen molar-refractivity contribution in [2.75, 3.05) is 5.73 Å². The van der Waals surface area contributed by atoms with Gasteiger partial charge in [-0.1, -0.05) is 29.8 Å². The molecule has 0 amide bonds. The van der Waals surface area contributed by atoms with E-state index in [1.54, 1.807) is 12.1 Å². The van der Waals surface area contributed by atoms with Crippen molar-refractivity contribution in [3.05, 3.63) is 64.2 Å². The summed E-state index contributed by atoms with van der Waals surface area (Å²) in [6.45, 7) is 1.44. The lowest BCUT2D eigenvalue weighted by atomic mass is 9.75. The fourth-order valence-corrected chi connectivity index (χ4v) is 2.42. The SMILES string of the molecule is CC(C#N)(c1ccc(Cl)cc1)c1ccc(N)cc1C(F)(F)F. The number of benzene rings is 2. The van der Waals surface area contributed by atoms with Crippen LogP contribution in [0.2, 0.25) is 5.02 Å². The molecule has 114 valence electrons. The molecule has 0 aliphatic carbocycles. The van der Waals surface area contributed by atoms with Crippen LogP contribution in [0, 0.1) is 11.3 Å². The first-order valence-corrected chi connectivity index (χ1v) is 6.71. The second-order valence-corrected chi connectivity index (χ2v) is 5.48. The molecule has 0 fully saturated rings. The van der Waals surface area contributed by atoms with E-state index in [0.717, 1.165) is 6.07 Å². The summed E-state index contributed by atoms with van der Waals surface area (Å²) in [5.41, 5.74) is 3.37. The molecular weight excluding hydrogens is 313 g/mol. The number of hydrogen-bond acceptors (Lipinski definition) is 2. The number of hydrogen-bond donors (Lipinski definition) is 1. The molecule has 0 spiro atoms. The lowest BCUT2D eigenvalue weighted by Gasteiger charge is -2.26. The molecule has 0 bridgehead atoms. The first-order chi connectivity index (χ1) is 10.2. The van der Waals surface area contributed by atoms with Crippen molar-refractivity contribution in [3.8, 4) is 6.07 Å². The minimum Gasteiger partial charge on any atom is -0.399 e. The van der Waals surface area contributed by atoms with Crippen molar-refractivity contribution < 1.29 is 13.2 Å². The zero-order chi connectivity index (χ0) is 16.5. The number of nitrogens with zero attached hydrogens (tertiary/aromatic N) is 1. The van der Waals surface area contributed by atoms with E-state index in [-0.39, 0.29) is 11.3 Å². The highest BCUT2D eigenvalue weighted by molar-refractivity contribution is 6.30. The van der Waals surface area contributed by atoms with Crippen LogP contribution in [0.1, 0.15) is 23.6 Å². The molecule has 2 aromatic carbocycles. The highest BCUT2D eigenvalue weighted by Gasteiger charge is 2.40. The Labute approximate surface area is 130 Å². The van der Waals surface area contributed by atoms with Crippen LogP contribution in [-0.2, 0) is 11.6 Å². The van der Waals surface area contributed by atoms with Crippen LogP contribution in [0.25, 0.3) is 0 Å². The van der Waals surface area contributed by atoms with E-state index in [2.05, 4.69) is 0 Å². The van der Waals surface area contributed by atoms with Gasteiger partial charge in [-0.15, -0.1) is 0 Å². The lowest BCUT2D eigenvalue weighted by Crippen LogP contribution is -2.26. The van der Waals surface area contributed by atoms with Crippen molar-refractivity contribution in [1.82, 2.24) is 0 Å². The molecule has 0 heterocycles. The van der Waals surface area contributed by atoms with Crippen LogP contribution >= 0.6 is 11.6 Å². The molecule has 2 rings (SSSR count). The number of halogens is 4. The Kier molecular flexibility index (Phi) is 4.08. The van der Waals surface area contributed by atoms with Crippen molar-refractivity contribution in [2.24, 2.45) is 0 Å². The zero-order valence-corrected chi connectivity index (χ0v) is 12.3. The summed E-state index contributed by atoms with van der Waals surface area (Å²) in [6, 6.07) is 11.6. The zero-order valence-electron chi connectivity index (χ0n) is 11.6. The van der Waals surface area contributed by atoms with Crippen molar-refractivity contribution >= 4 is 17.3 Å². The lowest BCUT2D eigenvalue weighted by molar-refractivity contribution is -0.138. The molecule has 1 atom stereocenters. The normalized spacial score (nSPS) is 14.2. The van der Waals surface area contributed by atoms with E-state index in [1.807, 2.05) is 6.07 Å². The summed E-state index contributed by atoms with van der Waals surface area (Å²) < 4.78 is 39.9. The van der Waals surface area contributed by atoms with Gasteiger partial charge in [0.15, 0.2) is 0 Å². The molecule has 2 N–H and O–H groups in total. The minimum absolute atomic E-state index is 0.00697. The van der Waals surface area contributed by atoms with Crippen molar-refractivity contribution in [2.45, 2.75) is 18.5 Å². The van der Waals surface area contributed by atoms with Crippen LogP contribution in [0.15, 0.2) is 42.5 Å². The van der Waals surface area contributed by atoms with Gasteiger partial charge in [-0.25, -0.2) is 0 Å². The molecule has 22 heavy (non-hydrogen) atoms. The predicted molar refractivity (Wildman–Crippen MR) is 79.4 cm³/mol. The Balaban J connectivity index is 2.71. The van der Waals surface area contributed by atoms with Crippen LogP contribution in [0.4, 0.5) is 18.9 Å². The van der Waals surface area contributed by atoms with E-state index in [1.165, 1.54) is 31.2 Å². The summed E-state index contributed by atoms with van der Waals surface area (Å²) in [4.78, 5) is 0. The standard InChI is InChI=1S/C16H12ClF3N2/c1-15(9-21,10-2-4-11(17)5-3-10)13-7-6-12(22)8-14(13)16(18,19)20/h2-8H,22H2,1H3. The maximum absolute atomic E-state index is 13.3. The van der Waals surface area contributed by atoms with Gasteiger partial charge in [-0.05, 0) is 42.3 Å². The first-order valence-electron chi connectivity index (χ1n) is 6.33. The minimum atomic E-state index is -4.60. The number of alkyl halides is 3. The average Bonchev–Trinajstić information content (AvgIpc) is 2.46. The molecule has 0 saturated carbocycles. The van der Waals surface area contributed by atoms with E-state index >= 15 is 0 Å². The smallest absolute Gasteiger partial charge is 0.399 e. The number of nitrogens with two attached hydrogens (primary N) is 1. The molecule has 0 aliphatic rings. The largest absolute Gasteiger partial charge is 0.416 e. The number of nitrogen functional groups attached to an aromatic ring is 1. The van der Waals surface area contributed by atoms with E-state index in [9.17, 15) is 18.4 Å². The summed E-state index contributed by atoms with van der Waals surface area (Å²) in [5, 5.41) is 9.98. The molecule has 0 aromatic heterocycles. The Morgan fingerprint density at radius 2 is 1.64 bits per heavy atom.